The lowest BCUT2D eigenvalue weighted by atomic mass is 9.81. The van der Waals surface area contributed by atoms with Crippen molar-refractivity contribution in [2.75, 3.05) is 6.54 Å². The number of barbiturate groups is 1. The van der Waals surface area contributed by atoms with Gasteiger partial charge in [0.1, 0.15) is 6.42 Å². The number of carbonyl (C=O) groups is 3. The zero-order chi connectivity index (χ0) is 13.1. The van der Waals surface area contributed by atoms with Crippen LogP contribution in [0.5, 0.6) is 0 Å². The maximum Gasteiger partial charge on any atom is 0.330 e. The molecule has 1 saturated heterocycles. The fourth-order valence-electron chi connectivity index (χ4n) is 2.73. The summed E-state index contributed by atoms with van der Waals surface area (Å²) in [5, 5.41) is 2.18. The lowest BCUT2D eigenvalue weighted by molar-refractivity contribution is -0.136. The molecule has 1 aliphatic carbocycles. The molecule has 18 heavy (non-hydrogen) atoms. The molecule has 0 aromatic heterocycles. The molecule has 0 radical (unpaired) electrons. The second-order valence-corrected chi connectivity index (χ2v) is 5.49. The van der Waals surface area contributed by atoms with Crippen molar-refractivity contribution >= 4 is 17.8 Å². The van der Waals surface area contributed by atoms with Gasteiger partial charge in [-0.2, -0.15) is 0 Å². The Morgan fingerprint density at radius 2 is 1.83 bits per heavy atom. The van der Waals surface area contributed by atoms with Gasteiger partial charge in [-0.1, -0.05) is 32.6 Å². The highest BCUT2D eigenvalue weighted by atomic mass is 16.2. The van der Waals surface area contributed by atoms with Gasteiger partial charge in [0.05, 0.1) is 0 Å². The van der Waals surface area contributed by atoms with Gasteiger partial charge >= 0.3 is 6.03 Å². The molecule has 1 heterocycles. The fourth-order valence-corrected chi connectivity index (χ4v) is 2.73. The highest BCUT2D eigenvalue weighted by Crippen LogP contribution is 2.30. The van der Waals surface area contributed by atoms with E-state index in [1.165, 1.54) is 30.6 Å². The third kappa shape index (κ3) is 3.09. The van der Waals surface area contributed by atoms with Crippen molar-refractivity contribution < 1.29 is 14.4 Å². The second-order valence-electron chi connectivity index (χ2n) is 5.49. The van der Waals surface area contributed by atoms with Crippen molar-refractivity contribution in [3.8, 4) is 0 Å². The first kappa shape index (κ1) is 13.1. The molecule has 100 valence electrons. The average Bonchev–Trinajstić information content (AvgIpc) is 2.30. The average molecular weight is 252 g/mol. The predicted molar refractivity (Wildman–Crippen MR) is 65.6 cm³/mol. The van der Waals surface area contributed by atoms with Crippen LogP contribution in [-0.2, 0) is 9.59 Å². The Balaban J connectivity index is 1.80. The smallest absolute Gasteiger partial charge is 0.277 e. The van der Waals surface area contributed by atoms with Gasteiger partial charge < -0.3 is 0 Å². The standard InChI is InChI=1S/C13H20N2O3/c1-9-2-4-10(5-3-9)6-7-15-12(17)8-11(16)14-13(15)18/h9-10H,2-8H2,1H3,(H,14,16,18). The summed E-state index contributed by atoms with van der Waals surface area (Å²) in [6, 6.07) is -0.555. The van der Waals surface area contributed by atoms with Crippen LogP contribution in [0, 0.1) is 11.8 Å². The van der Waals surface area contributed by atoms with E-state index in [0.29, 0.717) is 12.5 Å². The maximum absolute atomic E-state index is 11.6. The minimum Gasteiger partial charge on any atom is -0.277 e. The first-order valence-electron chi connectivity index (χ1n) is 6.70. The molecule has 5 nitrogen and oxygen atoms in total. The Morgan fingerprint density at radius 1 is 1.17 bits per heavy atom. The van der Waals surface area contributed by atoms with Gasteiger partial charge in [-0.25, -0.2) is 4.79 Å². The van der Waals surface area contributed by atoms with Gasteiger partial charge in [0.2, 0.25) is 11.8 Å². The molecule has 1 saturated carbocycles. The zero-order valence-electron chi connectivity index (χ0n) is 10.8. The van der Waals surface area contributed by atoms with Crippen molar-refractivity contribution in [2.24, 2.45) is 11.8 Å². The van der Waals surface area contributed by atoms with Crippen LogP contribution in [0.4, 0.5) is 4.79 Å². The summed E-state index contributed by atoms with van der Waals surface area (Å²) in [5.41, 5.74) is 0. The third-order valence-corrected chi connectivity index (χ3v) is 4.00. The third-order valence-electron chi connectivity index (χ3n) is 4.00. The molecule has 0 atom stereocenters. The van der Waals surface area contributed by atoms with Crippen molar-refractivity contribution in [3.05, 3.63) is 0 Å². The molecule has 0 unspecified atom stereocenters. The van der Waals surface area contributed by atoms with E-state index < -0.39 is 11.9 Å². The molecule has 5 heteroatoms. The number of nitrogens with zero attached hydrogens (tertiary/aromatic N) is 1. The van der Waals surface area contributed by atoms with Crippen LogP contribution < -0.4 is 5.32 Å². The predicted octanol–water partition coefficient (Wildman–Crippen LogP) is 1.67. The SMILES string of the molecule is CC1CCC(CCN2C(=O)CC(=O)NC2=O)CC1. The van der Waals surface area contributed by atoms with E-state index in [-0.39, 0.29) is 12.3 Å². The van der Waals surface area contributed by atoms with Crippen LogP contribution in [0.2, 0.25) is 0 Å². The Morgan fingerprint density at radius 3 is 2.44 bits per heavy atom. The monoisotopic (exact) mass is 252 g/mol. The normalized spacial score (nSPS) is 29.4. The quantitative estimate of drug-likeness (QED) is 0.777. The van der Waals surface area contributed by atoms with E-state index in [1.54, 1.807) is 0 Å². The molecular weight excluding hydrogens is 232 g/mol. The lowest BCUT2D eigenvalue weighted by Gasteiger charge is -2.29. The molecule has 2 aliphatic rings. The topological polar surface area (TPSA) is 66.5 Å². The number of amides is 4. The summed E-state index contributed by atoms with van der Waals surface area (Å²) in [6.07, 6.45) is 5.51. The number of imide groups is 2. The number of nitrogens with one attached hydrogen (secondary N) is 1. The molecule has 4 amide bonds. The first-order chi connectivity index (χ1) is 8.56. The van der Waals surface area contributed by atoms with Crippen LogP contribution in [0.1, 0.15) is 45.4 Å². The Kier molecular flexibility index (Phi) is 3.99. The molecule has 0 bridgehead atoms. The van der Waals surface area contributed by atoms with Crippen molar-refractivity contribution in [2.45, 2.75) is 45.4 Å². The van der Waals surface area contributed by atoms with Crippen LogP contribution in [0.3, 0.4) is 0 Å². The van der Waals surface area contributed by atoms with Crippen molar-refractivity contribution in [3.63, 3.8) is 0 Å². The van der Waals surface area contributed by atoms with E-state index in [2.05, 4.69) is 12.2 Å². The van der Waals surface area contributed by atoms with E-state index in [1.807, 2.05) is 0 Å². The van der Waals surface area contributed by atoms with E-state index in [0.717, 1.165) is 12.3 Å². The van der Waals surface area contributed by atoms with Gasteiger partial charge in [-0.15, -0.1) is 0 Å². The minimum atomic E-state index is -0.555. The van der Waals surface area contributed by atoms with Crippen LogP contribution >= 0.6 is 0 Å². The number of carbonyl (C=O) groups excluding carboxylic acids is 3. The molecule has 0 spiro atoms. The van der Waals surface area contributed by atoms with Crippen LogP contribution in [0.25, 0.3) is 0 Å². The summed E-state index contributed by atoms with van der Waals surface area (Å²) >= 11 is 0. The summed E-state index contributed by atoms with van der Waals surface area (Å²) in [6.45, 7) is 2.71. The Labute approximate surface area is 107 Å². The lowest BCUT2D eigenvalue weighted by Crippen LogP contribution is -2.53. The number of hydrogen-bond acceptors (Lipinski definition) is 3. The van der Waals surface area contributed by atoms with Gasteiger partial charge in [-0.05, 0) is 18.3 Å². The summed E-state index contributed by atoms with van der Waals surface area (Å²) in [7, 11) is 0. The maximum atomic E-state index is 11.6. The van der Waals surface area contributed by atoms with Gasteiger partial charge in [0, 0.05) is 6.54 Å². The highest BCUT2D eigenvalue weighted by Gasteiger charge is 2.31. The molecule has 0 aromatic carbocycles. The molecule has 2 fully saturated rings. The molecule has 0 aromatic rings. The highest BCUT2D eigenvalue weighted by molar-refractivity contribution is 6.14. The van der Waals surface area contributed by atoms with E-state index in [9.17, 15) is 14.4 Å². The Hall–Kier alpha value is -1.39. The summed E-state index contributed by atoms with van der Waals surface area (Å²) < 4.78 is 0. The van der Waals surface area contributed by atoms with Gasteiger partial charge in [-0.3, -0.25) is 19.8 Å². The number of rotatable bonds is 3. The zero-order valence-corrected chi connectivity index (χ0v) is 10.8. The summed E-state index contributed by atoms with van der Waals surface area (Å²) in [5.74, 6) is 0.555. The van der Waals surface area contributed by atoms with Crippen LogP contribution in [-0.4, -0.2) is 29.3 Å². The number of hydrogen-bond donors (Lipinski definition) is 1. The molecular formula is C13H20N2O3. The van der Waals surface area contributed by atoms with Crippen LogP contribution in [0.15, 0.2) is 0 Å². The number of urea groups is 1. The largest absolute Gasteiger partial charge is 0.330 e. The van der Waals surface area contributed by atoms with E-state index >= 15 is 0 Å². The minimum absolute atomic E-state index is 0.201. The van der Waals surface area contributed by atoms with Crippen molar-refractivity contribution in [1.82, 2.24) is 10.2 Å². The Bertz CT molecular complexity index is 339. The summed E-state index contributed by atoms with van der Waals surface area (Å²) in [4.78, 5) is 35.3. The van der Waals surface area contributed by atoms with Gasteiger partial charge in [0.15, 0.2) is 0 Å². The molecule has 2 rings (SSSR count). The molecule has 1 N–H and O–H groups in total. The fraction of sp³-hybridized carbons (Fsp3) is 0.769. The van der Waals surface area contributed by atoms with Gasteiger partial charge in [0.25, 0.3) is 0 Å². The van der Waals surface area contributed by atoms with E-state index in [4.69, 9.17) is 0 Å². The first-order valence-corrected chi connectivity index (χ1v) is 6.70. The van der Waals surface area contributed by atoms with Crippen molar-refractivity contribution in [1.29, 1.82) is 0 Å². The second kappa shape index (κ2) is 5.50. The molecule has 1 aliphatic heterocycles.